The Balaban J connectivity index is 2.63. The van der Waals surface area contributed by atoms with Crippen molar-refractivity contribution in [1.82, 2.24) is 9.44 Å². The second-order valence-electron chi connectivity index (χ2n) is 4.49. The van der Waals surface area contributed by atoms with Crippen LogP contribution in [0, 0.1) is 11.3 Å². The van der Waals surface area contributed by atoms with Gasteiger partial charge in [0.05, 0.1) is 5.84 Å². The van der Waals surface area contributed by atoms with Crippen LogP contribution < -0.4 is 15.2 Å². The van der Waals surface area contributed by atoms with E-state index in [4.69, 9.17) is 11.1 Å². The van der Waals surface area contributed by atoms with E-state index >= 15 is 0 Å². The molecule has 0 aromatic rings. The molecule has 0 bridgehead atoms. The molecule has 1 aliphatic carbocycles. The molecule has 1 saturated carbocycles. The largest absolute Gasteiger partial charge is 0.387 e. The fourth-order valence-corrected chi connectivity index (χ4v) is 3.39. The van der Waals surface area contributed by atoms with Gasteiger partial charge in [-0.15, -0.1) is 0 Å². The van der Waals surface area contributed by atoms with Gasteiger partial charge in [0.15, 0.2) is 0 Å². The molecule has 1 rings (SSSR count). The minimum absolute atomic E-state index is 0.0646. The van der Waals surface area contributed by atoms with Crippen LogP contribution in [0.25, 0.3) is 0 Å². The number of hydrogen-bond acceptors (Lipinski definition) is 3. The smallest absolute Gasteiger partial charge is 0.277 e. The van der Waals surface area contributed by atoms with E-state index in [9.17, 15) is 8.42 Å². The summed E-state index contributed by atoms with van der Waals surface area (Å²) in [6.45, 7) is 3.52. The maximum absolute atomic E-state index is 11.6. The van der Waals surface area contributed by atoms with Gasteiger partial charge in [-0.3, -0.25) is 5.41 Å². The number of nitrogens with one attached hydrogen (secondary N) is 3. The van der Waals surface area contributed by atoms with E-state index in [0.29, 0.717) is 0 Å². The third-order valence-electron chi connectivity index (χ3n) is 2.61. The molecule has 0 saturated heterocycles. The maximum atomic E-state index is 11.6. The lowest BCUT2D eigenvalue weighted by molar-refractivity contribution is 0.506. The monoisotopic (exact) mass is 248 g/mol. The van der Waals surface area contributed by atoms with Crippen molar-refractivity contribution in [2.45, 2.75) is 45.2 Å². The first-order valence-electron chi connectivity index (χ1n) is 5.45. The average Bonchev–Trinajstić information content (AvgIpc) is 2.48. The second kappa shape index (κ2) is 5.11. The Bertz CT molecular complexity index is 353. The fraction of sp³-hybridized carbons (Fsp3) is 0.889. The van der Waals surface area contributed by atoms with Crippen molar-refractivity contribution in [2.75, 3.05) is 0 Å². The van der Waals surface area contributed by atoms with Crippen molar-refractivity contribution >= 4 is 16.0 Å². The van der Waals surface area contributed by atoms with Crippen LogP contribution in [-0.4, -0.2) is 26.3 Å². The molecule has 1 aliphatic rings. The predicted octanol–water partition coefficient (Wildman–Crippen LogP) is -0.0765. The van der Waals surface area contributed by atoms with Gasteiger partial charge in [-0.1, -0.05) is 6.42 Å². The van der Waals surface area contributed by atoms with Crippen LogP contribution in [0.5, 0.6) is 0 Å². The van der Waals surface area contributed by atoms with E-state index in [2.05, 4.69) is 9.44 Å². The molecule has 0 heterocycles. The second-order valence-corrected chi connectivity index (χ2v) is 5.97. The first-order valence-corrected chi connectivity index (χ1v) is 6.93. The highest BCUT2D eigenvalue weighted by atomic mass is 32.2. The first kappa shape index (κ1) is 13.4. The van der Waals surface area contributed by atoms with Crippen molar-refractivity contribution in [3.63, 3.8) is 0 Å². The number of rotatable bonds is 5. The third kappa shape index (κ3) is 3.73. The van der Waals surface area contributed by atoms with E-state index in [1.165, 1.54) is 0 Å². The minimum Gasteiger partial charge on any atom is -0.387 e. The van der Waals surface area contributed by atoms with E-state index in [0.717, 1.165) is 19.3 Å². The molecular weight excluding hydrogens is 228 g/mol. The summed E-state index contributed by atoms with van der Waals surface area (Å²) in [4.78, 5) is 0. The van der Waals surface area contributed by atoms with Gasteiger partial charge in [0, 0.05) is 18.0 Å². The summed E-state index contributed by atoms with van der Waals surface area (Å²) in [6, 6.07) is -0.386. The van der Waals surface area contributed by atoms with Gasteiger partial charge in [0.2, 0.25) is 0 Å². The van der Waals surface area contributed by atoms with Gasteiger partial charge in [0.1, 0.15) is 0 Å². The molecule has 0 aromatic heterocycles. The lowest BCUT2D eigenvalue weighted by Gasteiger charge is -2.20. The van der Waals surface area contributed by atoms with Gasteiger partial charge in [-0.25, -0.2) is 0 Å². The van der Waals surface area contributed by atoms with Gasteiger partial charge in [-0.2, -0.15) is 17.9 Å². The molecule has 0 spiro atoms. The quantitative estimate of drug-likeness (QED) is 0.404. The van der Waals surface area contributed by atoms with Crippen molar-refractivity contribution in [3.05, 3.63) is 0 Å². The lowest BCUT2D eigenvalue weighted by Crippen LogP contribution is -2.48. The summed E-state index contributed by atoms with van der Waals surface area (Å²) in [7, 11) is -3.48. The van der Waals surface area contributed by atoms with E-state index < -0.39 is 10.2 Å². The molecule has 5 N–H and O–H groups in total. The highest BCUT2D eigenvalue weighted by Crippen LogP contribution is 2.25. The van der Waals surface area contributed by atoms with Crippen molar-refractivity contribution in [2.24, 2.45) is 11.7 Å². The number of hydrogen-bond donors (Lipinski definition) is 4. The standard InChI is InChI=1S/C9H20N4O2S/c1-6(2)12-16(14,15)13-8-5-3-4-7(8)9(10)11/h6-8,12-13H,3-5H2,1-2H3,(H3,10,11). The summed E-state index contributed by atoms with van der Waals surface area (Å²) in [5.41, 5.74) is 5.44. The lowest BCUT2D eigenvalue weighted by atomic mass is 10.0. The van der Waals surface area contributed by atoms with Crippen LogP contribution in [0.3, 0.4) is 0 Å². The molecule has 2 atom stereocenters. The van der Waals surface area contributed by atoms with Crippen LogP contribution in [0.1, 0.15) is 33.1 Å². The molecule has 0 aliphatic heterocycles. The normalized spacial score (nSPS) is 26.2. The zero-order valence-corrected chi connectivity index (χ0v) is 10.5. The Morgan fingerprint density at radius 3 is 2.56 bits per heavy atom. The first-order chi connectivity index (χ1) is 7.32. The zero-order chi connectivity index (χ0) is 12.3. The van der Waals surface area contributed by atoms with Crippen molar-refractivity contribution in [3.8, 4) is 0 Å². The topological polar surface area (TPSA) is 108 Å². The van der Waals surface area contributed by atoms with Crippen LogP contribution in [0.4, 0.5) is 0 Å². The van der Waals surface area contributed by atoms with Gasteiger partial charge in [-0.05, 0) is 26.7 Å². The summed E-state index contributed by atoms with van der Waals surface area (Å²) < 4.78 is 28.3. The number of nitrogens with two attached hydrogens (primary N) is 1. The Labute approximate surface area is 96.7 Å². The van der Waals surface area contributed by atoms with Gasteiger partial charge in [0.25, 0.3) is 10.2 Å². The van der Waals surface area contributed by atoms with E-state index in [1.807, 2.05) is 0 Å². The Morgan fingerprint density at radius 2 is 2.06 bits per heavy atom. The number of amidine groups is 1. The summed E-state index contributed by atoms with van der Waals surface area (Å²) >= 11 is 0. The summed E-state index contributed by atoms with van der Waals surface area (Å²) in [5, 5.41) is 7.39. The molecule has 0 aromatic carbocycles. The Morgan fingerprint density at radius 1 is 1.44 bits per heavy atom. The maximum Gasteiger partial charge on any atom is 0.277 e. The summed E-state index contributed by atoms with van der Waals surface area (Å²) in [6.07, 6.45) is 2.42. The highest BCUT2D eigenvalue weighted by molar-refractivity contribution is 7.87. The SMILES string of the molecule is CC(C)NS(=O)(=O)NC1CCCC1C(=N)N. The molecule has 6 nitrogen and oxygen atoms in total. The van der Waals surface area contributed by atoms with Crippen LogP contribution >= 0.6 is 0 Å². The molecule has 1 fully saturated rings. The molecule has 94 valence electrons. The molecule has 16 heavy (non-hydrogen) atoms. The Kier molecular flexibility index (Phi) is 4.28. The van der Waals surface area contributed by atoms with Crippen molar-refractivity contribution < 1.29 is 8.42 Å². The minimum atomic E-state index is -3.48. The van der Waals surface area contributed by atoms with Gasteiger partial charge >= 0.3 is 0 Å². The average molecular weight is 248 g/mol. The third-order valence-corrected chi connectivity index (χ3v) is 4.01. The van der Waals surface area contributed by atoms with E-state index in [-0.39, 0.29) is 23.8 Å². The molecule has 0 amide bonds. The summed E-state index contributed by atoms with van der Waals surface area (Å²) in [5.74, 6) is -0.0986. The molecule has 2 unspecified atom stereocenters. The molecule has 0 radical (unpaired) electrons. The highest BCUT2D eigenvalue weighted by Gasteiger charge is 2.32. The zero-order valence-electron chi connectivity index (χ0n) is 9.66. The fourth-order valence-electron chi connectivity index (χ4n) is 2.02. The van der Waals surface area contributed by atoms with Crippen LogP contribution in [0.2, 0.25) is 0 Å². The molecular formula is C9H20N4O2S. The van der Waals surface area contributed by atoms with Crippen molar-refractivity contribution in [1.29, 1.82) is 5.41 Å². The predicted molar refractivity (Wildman–Crippen MR) is 63.4 cm³/mol. The van der Waals surface area contributed by atoms with Crippen LogP contribution in [0.15, 0.2) is 0 Å². The molecule has 7 heteroatoms. The van der Waals surface area contributed by atoms with Gasteiger partial charge < -0.3 is 5.73 Å². The van der Waals surface area contributed by atoms with E-state index in [1.54, 1.807) is 13.8 Å². The van der Waals surface area contributed by atoms with Crippen LogP contribution in [-0.2, 0) is 10.2 Å². The Hall–Kier alpha value is -0.660.